The molecule has 4 heteroatoms. The summed E-state index contributed by atoms with van der Waals surface area (Å²) < 4.78 is 2.26. The van der Waals surface area contributed by atoms with Crippen molar-refractivity contribution in [3.05, 3.63) is 109 Å². The second kappa shape index (κ2) is 7.58. The fourth-order valence-corrected chi connectivity index (χ4v) is 4.17. The fraction of sp³-hybridized carbons (Fsp3) is 0.0370. The van der Waals surface area contributed by atoms with Gasteiger partial charge in [-0.25, -0.2) is 0 Å². The van der Waals surface area contributed by atoms with Crippen LogP contribution in [0, 0.1) is 10.8 Å². The first-order valence-corrected chi connectivity index (χ1v) is 10.2. The molecule has 1 heterocycles. The Hall–Kier alpha value is -4.18. The zero-order valence-corrected chi connectivity index (χ0v) is 17.2. The molecule has 2 N–H and O–H groups in total. The van der Waals surface area contributed by atoms with Gasteiger partial charge in [-0.3, -0.25) is 15.7 Å². The second-order valence-electron chi connectivity index (χ2n) is 7.53. The van der Waals surface area contributed by atoms with Gasteiger partial charge in [0.15, 0.2) is 0 Å². The molecule has 0 atom stereocenters. The highest BCUT2D eigenvalue weighted by Gasteiger charge is 2.18. The van der Waals surface area contributed by atoms with Crippen molar-refractivity contribution in [3.63, 3.8) is 0 Å². The molecule has 0 spiro atoms. The van der Waals surface area contributed by atoms with Gasteiger partial charge in [0.25, 0.3) is 0 Å². The van der Waals surface area contributed by atoms with Crippen LogP contribution in [0.1, 0.15) is 12.5 Å². The van der Waals surface area contributed by atoms with Crippen LogP contribution in [0.25, 0.3) is 27.5 Å². The molecule has 4 nitrogen and oxygen atoms in total. The quantitative estimate of drug-likeness (QED) is 0.259. The predicted molar refractivity (Wildman–Crippen MR) is 130 cm³/mol. The predicted octanol–water partition coefficient (Wildman–Crippen LogP) is 6.61. The Balaban J connectivity index is 1.70. The minimum absolute atomic E-state index is 0.289. The minimum atomic E-state index is 0.289. The summed E-state index contributed by atoms with van der Waals surface area (Å²) in [5, 5.41) is 19.4. The number of amidine groups is 2. The lowest BCUT2D eigenvalue weighted by Crippen LogP contribution is -2.34. The maximum absolute atomic E-state index is 8.89. The summed E-state index contributed by atoms with van der Waals surface area (Å²) >= 11 is 0. The highest BCUT2D eigenvalue weighted by molar-refractivity contribution is 6.23. The smallest absolute Gasteiger partial charge is 0.138 e. The number of hydrogen-bond acceptors (Lipinski definition) is 2. The Bertz CT molecular complexity index is 1420. The molecule has 5 aromatic rings. The van der Waals surface area contributed by atoms with Crippen LogP contribution < -0.4 is 4.90 Å². The Kier molecular flexibility index (Phi) is 4.60. The van der Waals surface area contributed by atoms with Crippen LogP contribution in [0.3, 0.4) is 0 Å². The molecule has 0 aliphatic rings. The Morgan fingerprint density at radius 3 is 2.00 bits per heavy atom. The summed E-state index contributed by atoms with van der Waals surface area (Å²) in [5.41, 5.74) is 4.93. The highest BCUT2D eigenvalue weighted by Crippen LogP contribution is 2.33. The van der Waals surface area contributed by atoms with Gasteiger partial charge in [-0.15, -0.1) is 0 Å². The Morgan fingerprint density at radius 2 is 1.29 bits per heavy atom. The number of nitrogens with one attached hydrogen (secondary N) is 2. The van der Waals surface area contributed by atoms with E-state index in [4.69, 9.17) is 10.8 Å². The van der Waals surface area contributed by atoms with E-state index >= 15 is 0 Å². The summed E-state index contributed by atoms with van der Waals surface area (Å²) in [6, 6.07) is 34.4. The van der Waals surface area contributed by atoms with Crippen molar-refractivity contribution in [2.45, 2.75) is 6.92 Å². The van der Waals surface area contributed by atoms with Gasteiger partial charge in [-0.1, -0.05) is 54.6 Å². The molecule has 1 aromatic heterocycles. The van der Waals surface area contributed by atoms with Gasteiger partial charge in [-0.2, -0.15) is 0 Å². The summed E-state index contributed by atoms with van der Waals surface area (Å²) in [7, 11) is 0. The largest absolute Gasteiger partial charge is 0.309 e. The lowest BCUT2D eigenvalue weighted by molar-refractivity contribution is 1.18. The van der Waals surface area contributed by atoms with Gasteiger partial charge in [-0.05, 0) is 55.5 Å². The van der Waals surface area contributed by atoms with Gasteiger partial charge in [0, 0.05) is 27.7 Å². The number of rotatable bonds is 3. The first-order chi connectivity index (χ1) is 15.1. The van der Waals surface area contributed by atoms with Gasteiger partial charge in [0.2, 0.25) is 0 Å². The molecule has 0 aliphatic carbocycles. The van der Waals surface area contributed by atoms with E-state index in [0.29, 0.717) is 5.84 Å². The summed E-state index contributed by atoms with van der Waals surface area (Å²) in [5.74, 6) is 0.597. The molecule has 0 bridgehead atoms. The van der Waals surface area contributed by atoms with E-state index in [2.05, 4.69) is 47.0 Å². The van der Waals surface area contributed by atoms with Crippen LogP contribution in [0.5, 0.6) is 0 Å². The third-order valence-corrected chi connectivity index (χ3v) is 5.53. The molecule has 5 rings (SSSR count). The molecule has 150 valence electrons. The Morgan fingerprint density at radius 1 is 0.677 bits per heavy atom. The molecule has 0 unspecified atom stereocenters. The SMILES string of the molecule is CC(=N)N(C(=N)c1ccc2c(c1)c1ccccc1n2-c1ccccc1)c1ccccc1. The number of hydrogen-bond donors (Lipinski definition) is 2. The molecule has 0 saturated carbocycles. The average molecular weight is 403 g/mol. The molecule has 4 aromatic carbocycles. The molecular weight excluding hydrogens is 380 g/mol. The van der Waals surface area contributed by atoms with Crippen LogP contribution >= 0.6 is 0 Å². The van der Waals surface area contributed by atoms with E-state index in [-0.39, 0.29) is 5.84 Å². The first-order valence-electron chi connectivity index (χ1n) is 10.2. The number of para-hydroxylation sites is 3. The normalized spacial score (nSPS) is 11.0. The van der Waals surface area contributed by atoms with Gasteiger partial charge >= 0.3 is 0 Å². The van der Waals surface area contributed by atoms with E-state index in [1.54, 1.807) is 11.8 Å². The zero-order valence-electron chi connectivity index (χ0n) is 17.2. The maximum Gasteiger partial charge on any atom is 0.138 e. The lowest BCUT2D eigenvalue weighted by Gasteiger charge is -2.24. The van der Waals surface area contributed by atoms with Crippen LogP contribution in [0.2, 0.25) is 0 Å². The van der Waals surface area contributed by atoms with E-state index in [9.17, 15) is 0 Å². The summed E-state index contributed by atoms with van der Waals surface area (Å²) in [4.78, 5) is 1.66. The maximum atomic E-state index is 8.89. The van der Waals surface area contributed by atoms with Crippen LogP contribution in [0.4, 0.5) is 5.69 Å². The van der Waals surface area contributed by atoms with Crippen molar-refractivity contribution in [3.8, 4) is 5.69 Å². The molecule has 0 aliphatic heterocycles. The number of nitrogens with zero attached hydrogens (tertiary/aromatic N) is 2. The standard InChI is InChI=1S/C27H22N4/c1-19(28)30(21-10-4-2-5-11-21)27(29)20-16-17-26-24(18-20)23-14-8-9-15-25(23)31(26)22-12-6-3-7-13-22/h2-18,28-29H,1H3. The molecule has 0 fully saturated rings. The topological polar surface area (TPSA) is 55.9 Å². The van der Waals surface area contributed by atoms with E-state index in [0.717, 1.165) is 38.7 Å². The third kappa shape index (κ3) is 3.19. The Labute approximate surface area is 181 Å². The number of fused-ring (bicyclic) bond motifs is 3. The van der Waals surface area contributed by atoms with Crippen LogP contribution in [0.15, 0.2) is 103 Å². The van der Waals surface area contributed by atoms with Crippen molar-refractivity contribution >= 4 is 39.2 Å². The molecular formula is C27H22N4. The minimum Gasteiger partial charge on any atom is -0.309 e. The zero-order chi connectivity index (χ0) is 21.4. The van der Waals surface area contributed by atoms with Crippen molar-refractivity contribution in [1.82, 2.24) is 4.57 Å². The summed E-state index contributed by atoms with van der Waals surface area (Å²) in [6.45, 7) is 1.71. The second-order valence-corrected chi connectivity index (χ2v) is 7.53. The number of benzene rings is 4. The summed E-state index contributed by atoms with van der Waals surface area (Å²) in [6.07, 6.45) is 0. The first kappa shape index (κ1) is 18.8. The monoisotopic (exact) mass is 402 g/mol. The van der Waals surface area contributed by atoms with E-state index < -0.39 is 0 Å². The van der Waals surface area contributed by atoms with Gasteiger partial charge in [0.05, 0.1) is 11.0 Å². The van der Waals surface area contributed by atoms with E-state index in [1.807, 2.05) is 60.7 Å². The molecule has 31 heavy (non-hydrogen) atoms. The van der Waals surface area contributed by atoms with Crippen molar-refractivity contribution in [2.24, 2.45) is 0 Å². The average Bonchev–Trinajstić information content (AvgIpc) is 3.14. The van der Waals surface area contributed by atoms with Crippen molar-refractivity contribution in [2.75, 3.05) is 4.90 Å². The molecule has 0 amide bonds. The third-order valence-electron chi connectivity index (χ3n) is 5.53. The van der Waals surface area contributed by atoms with Crippen LogP contribution in [-0.4, -0.2) is 16.2 Å². The molecule has 0 saturated heterocycles. The lowest BCUT2D eigenvalue weighted by atomic mass is 10.1. The van der Waals surface area contributed by atoms with E-state index in [1.165, 1.54) is 0 Å². The highest BCUT2D eigenvalue weighted by atomic mass is 15.2. The number of aromatic nitrogens is 1. The van der Waals surface area contributed by atoms with Crippen LogP contribution in [-0.2, 0) is 0 Å². The number of anilines is 1. The molecule has 0 radical (unpaired) electrons. The van der Waals surface area contributed by atoms with Crippen molar-refractivity contribution in [1.29, 1.82) is 10.8 Å². The fourth-order valence-electron chi connectivity index (χ4n) is 4.17. The van der Waals surface area contributed by atoms with Gasteiger partial charge < -0.3 is 4.57 Å². The van der Waals surface area contributed by atoms with Crippen molar-refractivity contribution < 1.29 is 0 Å². The van der Waals surface area contributed by atoms with Gasteiger partial charge in [0.1, 0.15) is 11.7 Å².